The Balaban J connectivity index is 2.05. The molecule has 5 nitrogen and oxygen atoms in total. The van der Waals surface area contributed by atoms with E-state index in [-0.39, 0.29) is 12.3 Å². The molecule has 2 aromatic rings. The van der Waals surface area contributed by atoms with Crippen molar-refractivity contribution in [2.75, 3.05) is 7.11 Å². The van der Waals surface area contributed by atoms with Crippen LogP contribution in [0.3, 0.4) is 0 Å². The Bertz CT molecular complexity index is 829. The molecule has 0 amide bonds. The molecule has 0 bridgehead atoms. The number of ether oxygens (including phenoxy) is 2. The van der Waals surface area contributed by atoms with Gasteiger partial charge in [-0.15, -0.1) is 0 Å². The molecule has 0 aliphatic heterocycles. The molecule has 0 aliphatic carbocycles. The maximum Gasteiger partial charge on any atom is 0.417 e. The van der Waals surface area contributed by atoms with Crippen LogP contribution in [0.15, 0.2) is 42.6 Å². The molecule has 1 aromatic carbocycles. The predicted molar refractivity (Wildman–Crippen MR) is 89.8 cm³/mol. The Labute approximate surface area is 154 Å². The van der Waals surface area contributed by atoms with Crippen molar-refractivity contribution < 1.29 is 27.4 Å². The summed E-state index contributed by atoms with van der Waals surface area (Å²) < 4.78 is 48.4. The maximum absolute atomic E-state index is 12.6. The number of ketones is 1. The lowest BCUT2D eigenvalue weighted by molar-refractivity contribution is -0.137. The predicted octanol–water partition coefficient (Wildman–Crippen LogP) is 3.89. The number of nitriles is 1. The fourth-order valence-corrected chi connectivity index (χ4v) is 2.32. The smallest absolute Gasteiger partial charge is 0.417 e. The van der Waals surface area contributed by atoms with Gasteiger partial charge in [-0.1, -0.05) is 12.1 Å². The SMILES string of the molecule is COc1cccc(COC(C)C(=O)C(C#N)c2ccc(C(F)(F)F)cn2)c1. The number of Topliss-reactive ketones (excluding diaryl/α,β-unsaturated/α-hetero) is 1. The van der Waals surface area contributed by atoms with E-state index in [2.05, 4.69) is 4.98 Å². The molecule has 0 fully saturated rings. The van der Waals surface area contributed by atoms with E-state index in [1.807, 2.05) is 0 Å². The summed E-state index contributed by atoms with van der Waals surface area (Å²) in [5.74, 6) is -1.25. The third-order valence-electron chi connectivity index (χ3n) is 3.86. The topological polar surface area (TPSA) is 72.2 Å². The van der Waals surface area contributed by atoms with Crippen LogP contribution in [0.5, 0.6) is 5.75 Å². The summed E-state index contributed by atoms with van der Waals surface area (Å²) in [7, 11) is 1.53. The molecule has 0 N–H and O–H groups in total. The van der Waals surface area contributed by atoms with Crippen molar-refractivity contribution in [3.05, 3.63) is 59.4 Å². The van der Waals surface area contributed by atoms with Gasteiger partial charge in [0.2, 0.25) is 0 Å². The van der Waals surface area contributed by atoms with E-state index in [1.54, 1.807) is 30.3 Å². The molecule has 2 unspecified atom stereocenters. The average Bonchev–Trinajstić information content (AvgIpc) is 2.66. The van der Waals surface area contributed by atoms with E-state index < -0.39 is 29.5 Å². The zero-order valence-corrected chi connectivity index (χ0v) is 14.7. The number of hydrogen-bond donors (Lipinski definition) is 0. The van der Waals surface area contributed by atoms with Crippen LogP contribution in [-0.4, -0.2) is 24.0 Å². The number of benzene rings is 1. The van der Waals surface area contributed by atoms with E-state index in [1.165, 1.54) is 14.0 Å². The van der Waals surface area contributed by atoms with E-state index in [9.17, 15) is 23.2 Å². The fourth-order valence-electron chi connectivity index (χ4n) is 2.32. The van der Waals surface area contributed by atoms with Crippen molar-refractivity contribution in [2.45, 2.75) is 31.7 Å². The highest BCUT2D eigenvalue weighted by Crippen LogP contribution is 2.29. The van der Waals surface area contributed by atoms with E-state index in [4.69, 9.17) is 9.47 Å². The van der Waals surface area contributed by atoms with Crippen LogP contribution in [0, 0.1) is 11.3 Å². The van der Waals surface area contributed by atoms with Gasteiger partial charge in [0.15, 0.2) is 5.78 Å². The quantitative estimate of drug-likeness (QED) is 0.731. The molecule has 1 heterocycles. The minimum atomic E-state index is -4.54. The van der Waals surface area contributed by atoms with Crippen LogP contribution in [-0.2, 0) is 22.3 Å². The molecule has 1 aromatic heterocycles. The van der Waals surface area contributed by atoms with E-state index in [0.29, 0.717) is 11.9 Å². The van der Waals surface area contributed by atoms with Gasteiger partial charge >= 0.3 is 6.18 Å². The molecular weight excluding hydrogens is 361 g/mol. The van der Waals surface area contributed by atoms with Gasteiger partial charge in [0, 0.05) is 6.20 Å². The number of pyridine rings is 1. The van der Waals surface area contributed by atoms with Crippen molar-refractivity contribution in [3.8, 4) is 11.8 Å². The summed E-state index contributed by atoms with van der Waals surface area (Å²) in [6, 6.07) is 10.7. The monoisotopic (exact) mass is 378 g/mol. The Morgan fingerprint density at radius 3 is 2.59 bits per heavy atom. The van der Waals surface area contributed by atoms with Gasteiger partial charge in [-0.2, -0.15) is 18.4 Å². The normalized spacial score (nSPS) is 13.5. The maximum atomic E-state index is 12.6. The van der Waals surface area contributed by atoms with Crippen LogP contribution in [0.4, 0.5) is 13.2 Å². The van der Waals surface area contributed by atoms with Crippen molar-refractivity contribution in [3.63, 3.8) is 0 Å². The highest BCUT2D eigenvalue weighted by molar-refractivity contribution is 5.91. The van der Waals surface area contributed by atoms with Crippen LogP contribution >= 0.6 is 0 Å². The van der Waals surface area contributed by atoms with Crippen LogP contribution in [0.2, 0.25) is 0 Å². The summed E-state index contributed by atoms with van der Waals surface area (Å²) in [6.45, 7) is 1.60. The molecule has 0 saturated heterocycles. The Morgan fingerprint density at radius 1 is 1.30 bits per heavy atom. The number of methoxy groups -OCH3 is 1. The van der Waals surface area contributed by atoms with Gasteiger partial charge < -0.3 is 9.47 Å². The standard InChI is InChI=1S/C19H17F3N2O3/c1-12(27-11-13-4-3-5-15(8-13)26-2)18(25)16(9-23)17-7-6-14(10-24-17)19(20,21)22/h3-8,10,12,16H,11H2,1-2H3. The lowest BCUT2D eigenvalue weighted by Gasteiger charge is -2.16. The van der Waals surface area contributed by atoms with Crippen molar-refractivity contribution in [1.29, 1.82) is 5.26 Å². The molecule has 0 radical (unpaired) electrons. The molecule has 0 saturated carbocycles. The molecule has 2 rings (SSSR count). The molecule has 2 atom stereocenters. The number of hydrogen-bond acceptors (Lipinski definition) is 5. The van der Waals surface area contributed by atoms with E-state index >= 15 is 0 Å². The summed E-state index contributed by atoms with van der Waals surface area (Å²) in [4.78, 5) is 16.1. The second kappa shape index (κ2) is 8.64. The van der Waals surface area contributed by atoms with Crippen LogP contribution in [0.25, 0.3) is 0 Å². The Morgan fingerprint density at radius 2 is 2.04 bits per heavy atom. The number of alkyl halides is 3. The second-order valence-electron chi connectivity index (χ2n) is 5.74. The van der Waals surface area contributed by atoms with Crippen LogP contribution < -0.4 is 4.74 Å². The number of halogens is 3. The van der Waals surface area contributed by atoms with Gasteiger partial charge in [0.1, 0.15) is 17.8 Å². The molecule has 142 valence electrons. The molecule has 27 heavy (non-hydrogen) atoms. The second-order valence-corrected chi connectivity index (χ2v) is 5.74. The van der Waals surface area contributed by atoms with Gasteiger partial charge in [0.25, 0.3) is 0 Å². The van der Waals surface area contributed by atoms with Gasteiger partial charge in [-0.05, 0) is 36.8 Å². The number of nitrogens with zero attached hydrogens (tertiary/aromatic N) is 2. The fraction of sp³-hybridized carbons (Fsp3) is 0.316. The third kappa shape index (κ3) is 5.28. The first-order valence-corrected chi connectivity index (χ1v) is 7.97. The van der Waals surface area contributed by atoms with Crippen molar-refractivity contribution >= 4 is 5.78 Å². The first-order chi connectivity index (χ1) is 12.8. The number of carbonyl (C=O) groups is 1. The third-order valence-corrected chi connectivity index (χ3v) is 3.86. The molecule has 0 aliphatic rings. The average molecular weight is 378 g/mol. The largest absolute Gasteiger partial charge is 0.497 e. The van der Waals surface area contributed by atoms with Gasteiger partial charge in [0.05, 0.1) is 31.0 Å². The summed E-state index contributed by atoms with van der Waals surface area (Å²) >= 11 is 0. The lowest BCUT2D eigenvalue weighted by atomic mass is 9.97. The molecule has 8 heteroatoms. The first kappa shape index (κ1) is 20.4. The van der Waals surface area contributed by atoms with E-state index in [0.717, 1.165) is 17.7 Å². The lowest BCUT2D eigenvalue weighted by Crippen LogP contribution is -2.27. The zero-order chi connectivity index (χ0) is 20.0. The summed E-state index contributed by atoms with van der Waals surface area (Å²) in [6.07, 6.45) is -4.87. The molecule has 0 spiro atoms. The number of aromatic nitrogens is 1. The summed E-state index contributed by atoms with van der Waals surface area (Å²) in [5, 5.41) is 9.28. The zero-order valence-electron chi connectivity index (χ0n) is 14.7. The van der Waals surface area contributed by atoms with Crippen molar-refractivity contribution in [2.24, 2.45) is 0 Å². The van der Waals surface area contributed by atoms with Crippen LogP contribution in [0.1, 0.15) is 29.7 Å². The summed E-state index contributed by atoms with van der Waals surface area (Å²) in [5.41, 5.74) is -0.222. The first-order valence-electron chi connectivity index (χ1n) is 7.97. The number of rotatable bonds is 7. The number of carbonyl (C=O) groups excluding carboxylic acids is 1. The Kier molecular flexibility index (Phi) is 6.53. The molecular formula is C19H17F3N2O3. The van der Waals surface area contributed by atoms with Gasteiger partial charge in [-0.3, -0.25) is 9.78 Å². The highest BCUT2D eigenvalue weighted by Gasteiger charge is 2.32. The van der Waals surface area contributed by atoms with Crippen molar-refractivity contribution in [1.82, 2.24) is 4.98 Å². The highest BCUT2D eigenvalue weighted by atomic mass is 19.4. The Hall–Kier alpha value is -2.92. The van der Waals surface area contributed by atoms with Gasteiger partial charge in [-0.25, -0.2) is 0 Å². The minimum Gasteiger partial charge on any atom is -0.497 e. The minimum absolute atomic E-state index is 0.0488.